The number of amidine groups is 1. The molecule has 3 aromatic carbocycles. The molecule has 0 radical (unpaired) electrons. The quantitative estimate of drug-likeness (QED) is 0.539. The second-order valence-corrected chi connectivity index (χ2v) is 9.29. The molecule has 1 aliphatic rings. The van der Waals surface area contributed by atoms with Gasteiger partial charge in [-0.05, 0) is 48.9 Å². The minimum absolute atomic E-state index is 0.0353. The van der Waals surface area contributed by atoms with Crippen molar-refractivity contribution in [2.75, 3.05) is 11.9 Å². The van der Waals surface area contributed by atoms with Crippen molar-refractivity contribution in [2.24, 2.45) is 4.99 Å². The second-order valence-electron chi connectivity index (χ2n) is 7.60. The van der Waals surface area contributed by atoms with Gasteiger partial charge in [-0.3, -0.25) is 14.5 Å². The Morgan fingerprint density at radius 3 is 2.68 bits per heavy atom. The van der Waals surface area contributed by atoms with E-state index in [0.717, 1.165) is 12.0 Å². The lowest BCUT2D eigenvalue weighted by molar-refractivity contribution is 0.102. The number of nitrogens with zero attached hydrogens (tertiary/aromatic N) is 2. The van der Waals surface area contributed by atoms with Crippen LogP contribution in [0.1, 0.15) is 34.3 Å². The van der Waals surface area contributed by atoms with Crippen molar-refractivity contribution in [3.8, 4) is 11.8 Å². The molecular weight excluding hydrogens is 452 g/mol. The Balaban J connectivity index is 1.44. The van der Waals surface area contributed by atoms with Crippen LogP contribution in [0.3, 0.4) is 0 Å². The van der Waals surface area contributed by atoms with Crippen LogP contribution in [0.15, 0.2) is 82.7 Å². The fourth-order valence-electron chi connectivity index (χ4n) is 3.42. The number of rotatable bonds is 7. The third-order valence-corrected chi connectivity index (χ3v) is 6.54. The molecule has 8 nitrogen and oxygen atoms in total. The third kappa shape index (κ3) is 5.60. The number of hydrogen-bond acceptors (Lipinski definition) is 6. The van der Waals surface area contributed by atoms with E-state index >= 15 is 0 Å². The van der Waals surface area contributed by atoms with Gasteiger partial charge in [-0.15, -0.1) is 0 Å². The first-order chi connectivity index (χ1) is 16.4. The predicted molar refractivity (Wildman–Crippen MR) is 128 cm³/mol. The number of carbonyl (C=O) groups is 1. The van der Waals surface area contributed by atoms with Gasteiger partial charge in [0, 0.05) is 29.8 Å². The summed E-state index contributed by atoms with van der Waals surface area (Å²) in [6, 6.07) is 21.9. The third-order valence-electron chi connectivity index (χ3n) is 5.16. The van der Waals surface area contributed by atoms with Gasteiger partial charge in [-0.25, -0.2) is 8.42 Å². The van der Waals surface area contributed by atoms with Crippen LogP contribution in [0.4, 0.5) is 5.69 Å². The molecule has 2 N–H and O–H groups in total. The molecular formula is C25H22N4O4S. The lowest BCUT2D eigenvalue weighted by Gasteiger charge is -2.11. The number of nitriles is 1. The van der Waals surface area contributed by atoms with Gasteiger partial charge >= 0.3 is 0 Å². The standard InChI is InChI=1S/C25H22N4O4S/c26-16-19-6-1-2-7-20(19)17-33-22-10-3-8-18(14-22)25(30)28-21-9-4-11-23(15-21)34(31,32)29-24-12-5-13-27-24/h1-4,6-11,14-15H,5,12-13,17H2,(H,27,29)(H,28,30). The number of aliphatic imine (C=N–C) groups is 1. The van der Waals surface area contributed by atoms with Crippen LogP contribution in [0, 0.1) is 11.3 Å². The summed E-state index contributed by atoms with van der Waals surface area (Å²) in [7, 11) is -3.79. The van der Waals surface area contributed by atoms with Crippen molar-refractivity contribution < 1.29 is 17.9 Å². The van der Waals surface area contributed by atoms with Crippen molar-refractivity contribution in [1.82, 2.24) is 4.72 Å². The van der Waals surface area contributed by atoms with Gasteiger partial charge in [0.1, 0.15) is 18.2 Å². The number of nitrogens with one attached hydrogen (secondary N) is 2. The highest BCUT2D eigenvalue weighted by atomic mass is 32.2. The van der Waals surface area contributed by atoms with Gasteiger partial charge in [0.25, 0.3) is 15.9 Å². The highest BCUT2D eigenvalue weighted by molar-refractivity contribution is 7.90. The second kappa shape index (κ2) is 10.2. The van der Waals surface area contributed by atoms with E-state index in [2.05, 4.69) is 21.1 Å². The zero-order chi connectivity index (χ0) is 24.0. The van der Waals surface area contributed by atoms with Crippen LogP contribution in [0.5, 0.6) is 5.75 Å². The fourth-order valence-corrected chi connectivity index (χ4v) is 4.56. The lowest BCUT2D eigenvalue weighted by atomic mass is 10.1. The number of ether oxygens (including phenoxy) is 1. The summed E-state index contributed by atoms with van der Waals surface area (Å²) in [5.74, 6) is 0.507. The molecule has 0 saturated heterocycles. The van der Waals surface area contributed by atoms with Gasteiger partial charge < -0.3 is 10.1 Å². The van der Waals surface area contributed by atoms with Crippen LogP contribution in [-0.2, 0) is 16.6 Å². The largest absolute Gasteiger partial charge is 0.489 e. The van der Waals surface area contributed by atoms with Gasteiger partial charge in [-0.2, -0.15) is 5.26 Å². The predicted octanol–water partition coefficient (Wildman–Crippen LogP) is 3.86. The van der Waals surface area contributed by atoms with Gasteiger partial charge in [0.15, 0.2) is 0 Å². The topological polar surface area (TPSA) is 121 Å². The minimum Gasteiger partial charge on any atom is -0.489 e. The maximum Gasteiger partial charge on any atom is 0.262 e. The molecule has 1 amide bonds. The summed E-state index contributed by atoms with van der Waals surface area (Å²) in [5.41, 5.74) is 1.96. The first-order valence-electron chi connectivity index (χ1n) is 10.6. The average Bonchev–Trinajstić information content (AvgIpc) is 3.35. The van der Waals surface area contributed by atoms with Crippen LogP contribution in [-0.4, -0.2) is 26.7 Å². The van der Waals surface area contributed by atoms with E-state index in [4.69, 9.17) is 4.74 Å². The van der Waals surface area contributed by atoms with E-state index in [0.29, 0.717) is 41.4 Å². The van der Waals surface area contributed by atoms with Gasteiger partial charge in [0.2, 0.25) is 0 Å². The molecule has 9 heteroatoms. The number of anilines is 1. The van der Waals surface area contributed by atoms with Crippen LogP contribution in [0.25, 0.3) is 0 Å². The zero-order valence-electron chi connectivity index (χ0n) is 18.2. The summed E-state index contributed by atoms with van der Waals surface area (Å²) < 4.78 is 33.5. The Bertz CT molecular complexity index is 1390. The molecule has 0 fully saturated rings. The summed E-state index contributed by atoms with van der Waals surface area (Å²) in [5, 5.41) is 11.9. The number of sulfonamides is 1. The van der Waals surface area contributed by atoms with Crippen molar-refractivity contribution in [2.45, 2.75) is 24.3 Å². The van der Waals surface area contributed by atoms with E-state index in [-0.39, 0.29) is 11.5 Å². The number of amides is 1. The molecule has 0 aromatic heterocycles. The highest BCUT2D eigenvalue weighted by Gasteiger charge is 2.19. The summed E-state index contributed by atoms with van der Waals surface area (Å²) in [6.07, 6.45) is 1.41. The van der Waals surface area contributed by atoms with E-state index in [1.807, 2.05) is 12.1 Å². The van der Waals surface area contributed by atoms with Crippen LogP contribution in [0.2, 0.25) is 0 Å². The molecule has 1 aliphatic heterocycles. The first kappa shape index (κ1) is 23.0. The minimum atomic E-state index is -3.79. The molecule has 4 rings (SSSR count). The SMILES string of the molecule is N#Cc1ccccc1COc1cccc(C(=O)Nc2cccc(S(=O)(=O)NC3=NCCC3)c2)c1. The highest BCUT2D eigenvalue weighted by Crippen LogP contribution is 2.20. The Kier molecular flexibility index (Phi) is 6.90. The molecule has 0 atom stereocenters. The van der Waals surface area contributed by atoms with E-state index in [1.54, 1.807) is 48.5 Å². The lowest BCUT2D eigenvalue weighted by Crippen LogP contribution is -2.29. The monoisotopic (exact) mass is 474 g/mol. The molecule has 0 unspecified atom stereocenters. The Hall–Kier alpha value is -4.16. The van der Waals surface area contributed by atoms with E-state index < -0.39 is 15.9 Å². The summed E-state index contributed by atoms with van der Waals surface area (Å²) >= 11 is 0. The van der Waals surface area contributed by atoms with Crippen LogP contribution < -0.4 is 14.8 Å². The van der Waals surface area contributed by atoms with Crippen molar-refractivity contribution in [3.63, 3.8) is 0 Å². The maximum atomic E-state index is 12.8. The number of hydrogen-bond donors (Lipinski definition) is 2. The normalized spacial score (nSPS) is 13.0. The van der Waals surface area contributed by atoms with Crippen molar-refractivity contribution in [1.29, 1.82) is 5.26 Å². The molecule has 3 aromatic rings. The summed E-state index contributed by atoms with van der Waals surface area (Å²) in [6.45, 7) is 0.800. The van der Waals surface area contributed by atoms with Gasteiger partial charge in [-0.1, -0.05) is 30.3 Å². The average molecular weight is 475 g/mol. The molecule has 1 heterocycles. The maximum absolute atomic E-state index is 12.8. The van der Waals surface area contributed by atoms with Crippen LogP contribution >= 0.6 is 0 Å². The Morgan fingerprint density at radius 2 is 1.88 bits per heavy atom. The van der Waals surface area contributed by atoms with Gasteiger partial charge in [0.05, 0.1) is 16.5 Å². The Labute approximate surface area is 198 Å². The van der Waals surface area contributed by atoms with E-state index in [1.165, 1.54) is 12.1 Å². The number of benzene rings is 3. The zero-order valence-corrected chi connectivity index (χ0v) is 19.0. The smallest absolute Gasteiger partial charge is 0.262 e. The van der Waals surface area contributed by atoms with Crippen molar-refractivity contribution in [3.05, 3.63) is 89.5 Å². The van der Waals surface area contributed by atoms with Crippen molar-refractivity contribution >= 4 is 27.5 Å². The molecule has 0 spiro atoms. The first-order valence-corrected chi connectivity index (χ1v) is 12.1. The molecule has 34 heavy (non-hydrogen) atoms. The molecule has 172 valence electrons. The number of carbonyl (C=O) groups excluding carboxylic acids is 1. The van der Waals surface area contributed by atoms with E-state index in [9.17, 15) is 18.5 Å². The molecule has 0 saturated carbocycles. The molecule has 0 aliphatic carbocycles. The summed E-state index contributed by atoms with van der Waals surface area (Å²) in [4.78, 5) is 17.0. The fraction of sp³-hybridized carbons (Fsp3) is 0.160. The molecule has 0 bridgehead atoms. The Morgan fingerprint density at radius 1 is 1.06 bits per heavy atom.